The second-order valence-electron chi connectivity index (χ2n) is 17.7. The second kappa shape index (κ2) is 16.8. The number of carbonyl (C=O) groups excluding carboxylic acids is 5. The van der Waals surface area contributed by atoms with Crippen LogP contribution >= 0.6 is 11.3 Å². The predicted octanol–water partition coefficient (Wildman–Crippen LogP) is 5.03. The SMILES string of the molecule is O=C1CCN(N2Cc3cc(CN4CCN(C5CCN(c6ccc(-c7cc(F)c8c(c7)C(=O)N(C(C(=O)Nc7nccs7)c7ncn9c7CCC9)C8)cc6)CC5)CC4)ccc3C2=O)C(=O)N1. The van der Waals surface area contributed by atoms with E-state index in [9.17, 15) is 24.0 Å². The Kier molecular flexibility index (Phi) is 10.7. The first-order valence-electron chi connectivity index (χ1n) is 22.4. The van der Waals surface area contributed by atoms with E-state index in [1.807, 2.05) is 28.8 Å². The number of carbonyl (C=O) groups is 5. The molecular formula is C47H48FN11O5S. The van der Waals surface area contributed by atoms with Gasteiger partial charge in [0.1, 0.15) is 5.82 Å². The van der Waals surface area contributed by atoms with E-state index >= 15 is 4.39 Å². The highest BCUT2D eigenvalue weighted by Crippen LogP contribution is 2.38. The summed E-state index contributed by atoms with van der Waals surface area (Å²) in [4.78, 5) is 82.9. The van der Waals surface area contributed by atoms with Crippen LogP contribution in [-0.4, -0.2) is 121 Å². The van der Waals surface area contributed by atoms with Crippen molar-refractivity contribution < 1.29 is 28.4 Å². The fourth-order valence-corrected chi connectivity index (χ4v) is 11.0. The van der Waals surface area contributed by atoms with Gasteiger partial charge in [-0.1, -0.05) is 24.3 Å². The lowest BCUT2D eigenvalue weighted by atomic mass is 9.98. The van der Waals surface area contributed by atoms with Crippen molar-refractivity contribution in [2.75, 3.05) is 56.0 Å². The minimum atomic E-state index is -1.04. The number of amides is 6. The molecule has 5 aromatic rings. The van der Waals surface area contributed by atoms with E-state index in [2.05, 4.69) is 53.5 Å². The second-order valence-corrected chi connectivity index (χ2v) is 18.6. The molecule has 6 aliphatic heterocycles. The third-order valence-electron chi connectivity index (χ3n) is 13.9. The first-order chi connectivity index (χ1) is 31.6. The summed E-state index contributed by atoms with van der Waals surface area (Å²) < 4.78 is 18.0. The molecule has 6 aliphatic rings. The van der Waals surface area contributed by atoms with E-state index in [0.29, 0.717) is 34.5 Å². The van der Waals surface area contributed by atoms with Gasteiger partial charge in [-0.3, -0.25) is 39.6 Å². The molecular weight excluding hydrogens is 850 g/mol. The lowest BCUT2D eigenvalue weighted by molar-refractivity contribution is -0.123. The minimum Gasteiger partial charge on any atom is -0.371 e. The van der Waals surface area contributed by atoms with Gasteiger partial charge < -0.3 is 14.4 Å². The number of urea groups is 1. The van der Waals surface area contributed by atoms with Crippen molar-refractivity contribution >= 4 is 51.8 Å². The first kappa shape index (κ1) is 41.2. The highest BCUT2D eigenvalue weighted by atomic mass is 32.1. The molecule has 2 N–H and O–H groups in total. The molecule has 0 aliphatic carbocycles. The summed E-state index contributed by atoms with van der Waals surface area (Å²) in [5.41, 5.74) is 7.13. The molecule has 3 fully saturated rings. The number of piperazine rings is 1. The lowest BCUT2D eigenvalue weighted by Crippen LogP contribution is -2.56. The van der Waals surface area contributed by atoms with Crippen molar-refractivity contribution in [3.05, 3.63) is 118 Å². The van der Waals surface area contributed by atoms with E-state index in [0.717, 1.165) is 106 Å². The Balaban J connectivity index is 0.690. The van der Waals surface area contributed by atoms with Crippen LogP contribution in [0.4, 0.5) is 20.0 Å². The van der Waals surface area contributed by atoms with Crippen molar-refractivity contribution in [2.24, 2.45) is 0 Å². The van der Waals surface area contributed by atoms with Crippen molar-refractivity contribution in [3.8, 4) is 11.1 Å². The third kappa shape index (κ3) is 7.72. The Bertz CT molecular complexity index is 2710. The van der Waals surface area contributed by atoms with Gasteiger partial charge in [0.25, 0.3) is 17.7 Å². The lowest BCUT2D eigenvalue weighted by Gasteiger charge is -2.43. The molecule has 0 spiro atoms. The summed E-state index contributed by atoms with van der Waals surface area (Å²) in [6.07, 6.45) is 7.27. The number of hydrogen-bond donors (Lipinski definition) is 2. The summed E-state index contributed by atoms with van der Waals surface area (Å²) in [5, 5.41) is 10.1. The monoisotopic (exact) mass is 897 g/mol. The number of nitrogens with zero attached hydrogens (tertiary/aromatic N) is 9. The van der Waals surface area contributed by atoms with Crippen LogP contribution in [0.3, 0.4) is 0 Å². The number of aryl methyl sites for hydroxylation is 1. The maximum atomic E-state index is 16.0. The van der Waals surface area contributed by atoms with Crippen LogP contribution in [0.15, 0.2) is 72.5 Å². The predicted molar refractivity (Wildman–Crippen MR) is 239 cm³/mol. The van der Waals surface area contributed by atoms with E-state index in [-0.39, 0.29) is 42.5 Å². The quantitative estimate of drug-likeness (QED) is 0.195. The number of nitrogens with one attached hydrogen (secondary N) is 2. The van der Waals surface area contributed by atoms with Gasteiger partial charge >= 0.3 is 6.03 Å². The van der Waals surface area contributed by atoms with Gasteiger partial charge in [0.05, 0.1) is 31.7 Å². The van der Waals surface area contributed by atoms with Crippen molar-refractivity contribution in [3.63, 3.8) is 0 Å². The van der Waals surface area contributed by atoms with Crippen LogP contribution in [0.25, 0.3) is 11.1 Å². The zero-order chi connectivity index (χ0) is 44.3. The number of hydrogen-bond acceptors (Lipinski definition) is 11. The topological polar surface area (TPSA) is 160 Å². The number of halogens is 1. The number of benzene rings is 3. The molecule has 16 nitrogen and oxygen atoms in total. The summed E-state index contributed by atoms with van der Waals surface area (Å²) in [6, 6.07) is 16.2. The van der Waals surface area contributed by atoms with Gasteiger partial charge in [-0.15, -0.1) is 11.3 Å². The average Bonchev–Trinajstić information content (AvgIpc) is 4.17. The maximum Gasteiger partial charge on any atom is 0.342 e. The molecule has 0 radical (unpaired) electrons. The van der Waals surface area contributed by atoms with E-state index < -0.39 is 29.7 Å². The zero-order valence-electron chi connectivity index (χ0n) is 35.7. The summed E-state index contributed by atoms with van der Waals surface area (Å²) in [5.74, 6) is -1.86. The molecule has 2 aromatic heterocycles. The highest BCUT2D eigenvalue weighted by Gasteiger charge is 2.42. The Labute approximate surface area is 378 Å². The standard InChI is InChI=1S/C47H48FN11O5S/c48-38-24-31(23-36-37(38)27-57(44(36)62)42(43(61)52-46-49-12-21-65-46)41-39-2-1-13-56(39)28-50-41)30-4-6-33(7-5-30)54-14-9-34(10-15-54)55-19-17-53(18-20-55)25-29-3-8-35-32(22-29)26-59(45(35)63)58-16-11-40(60)51-47(58)64/h3-8,12,21-24,28,34,42H,1-2,9-11,13-20,25-27H2,(H,49,52,61)(H,51,60,64). The van der Waals surface area contributed by atoms with Crippen molar-refractivity contribution in [2.45, 2.75) is 70.4 Å². The van der Waals surface area contributed by atoms with Gasteiger partial charge in [-0.25, -0.2) is 29.2 Å². The summed E-state index contributed by atoms with van der Waals surface area (Å²) >= 11 is 1.29. The fourth-order valence-electron chi connectivity index (χ4n) is 10.5. The fraction of sp³-hybridized carbons (Fsp3) is 0.383. The van der Waals surface area contributed by atoms with Crippen molar-refractivity contribution in [1.82, 2.24) is 44.6 Å². The number of hydrazine groups is 1. The van der Waals surface area contributed by atoms with Crippen LogP contribution in [0.2, 0.25) is 0 Å². The van der Waals surface area contributed by atoms with E-state index in [1.165, 1.54) is 32.3 Å². The summed E-state index contributed by atoms with van der Waals surface area (Å²) in [6.45, 7) is 7.79. The molecule has 0 saturated carbocycles. The maximum absolute atomic E-state index is 16.0. The van der Waals surface area contributed by atoms with Crippen LogP contribution in [-0.2, 0) is 42.2 Å². The van der Waals surface area contributed by atoms with Crippen LogP contribution in [0, 0.1) is 5.82 Å². The van der Waals surface area contributed by atoms with Gasteiger partial charge in [-0.05, 0) is 78.3 Å². The minimum absolute atomic E-state index is 0.0405. The smallest absolute Gasteiger partial charge is 0.342 e. The third-order valence-corrected chi connectivity index (χ3v) is 14.6. The van der Waals surface area contributed by atoms with Gasteiger partial charge in [-0.2, -0.15) is 0 Å². The highest BCUT2D eigenvalue weighted by molar-refractivity contribution is 7.13. The number of fused-ring (bicyclic) bond motifs is 3. The average molecular weight is 898 g/mol. The molecule has 1 unspecified atom stereocenters. The van der Waals surface area contributed by atoms with Crippen LogP contribution < -0.4 is 15.5 Å². The van der Waals surface area contributed by atoms with E-state index in [1.54, 1.807) is 24.0 Å². The number of anilines is 2. The molecule has 3 saturated heterocycles. The number of rotatable bonds is 10. The molecule has 6 amide bonds. The van der Waals surface area contributed by atoms with E-state index in [4.69, 9.17) is 0 Å². The van der Waals surface area contributed by atoms with Crippen LogP contribution in [0.1, 0.15) is 80.5 Å². The van der Waals surface area contributed by atoms with Gasteiger partial charge in [0.2, 0.25) is 5.91 Å². The number of thiazole rings is 1. The van der Waals surface area contributed by atoms with Gasteiger partial charge in [0, 0.05) is 104 Å². The van der Waals surface area contributed by atoms with Gasteiger partial charge in [0.15, 0.2) is 11.2 Å². The Morgan fingerprint density at radius 2 is 1.65 bits per heavy atom. The molecule has 3 aromatic carbocycles. The molecule has 1 atom stereocenters. The van der Waals surface area contributed by atoms with Crippen LogP contribution in [0.5, 0.6) is 0 Å². The Morgan fingerprint density at radius 3 is 2.42 bits per heavy atom. The molecule has 11 rings (SSSR count). The molecule has 18 heteroatoms. The number of imide groups is 1. The van der Waals surface area contributed by atoms with Crippen molar-refractivity contribution in [1.29, 1.82) is 0 Å². The number of imidazole rings is 1. The zero-order valence-corrected chi connectivity index (χ0v) is 36.6. The Hall–Kier alpha value is -6.50. The Morgan fingerprint density at radius 1 is 0.831 bits per heavy atom. The molecule has 65 heavy (non-hydrogen) atoms. The first-order valence-corrected chi connectivity index (χ1v) is 23.3. The molecule has 0 bridgehead atoms. The number of aromatic nitrogens is 3. The largest absolute Gasteiger partial charge is 0.371 e. The normalized spacial score (nSPS) is 19.8. The number of piperidine rings is 1. The summed E-state index contributed by atoms with van der Waals surface area (Å²) in [7, 11) is 0. The molecule has 8 heterocycles. The molecule has 334 valence electrons.